The lowest BCUT2D eigenvalue weighted by Crippen LogP contribution is -2.27. The van der Waals surface area contributed by atoms with Gasteiger partial charge in [0.2, 0.25) is 0 Å². The Bertz CT molecular complexity index is 945. The van der Waals surface area contributed by atoms with Crippen LogP contribution in [0.15, 0.2) is 60.9 Å². The fourth-order valence-electron chi connectivity index (χ4n) is 2.77. The number of carbonyl (C=O) groups is 1. The fraction of sp³-hybridized carbons (Fsp3) is 0.200. The van der Waals surface area contributed by atoms with E-state index in [1.165, 1.54) is 24.1 Å². The van der Waals surface area contributed by atoms with Gasteiger partial charge in [-0.1, -0.05) is 24.3 Å². The van der Waals surface area contributed by atoms with Crippen LogP contribution in [-0.4, -0.2) is 41.4 Å². The average molecular weight is 387 g/mol. The zero-order chi connectivity index (χ0) is 20.1. The summed E-state index contributed by atoms with van der Waals surface area (Å²) in [5, 5.41) is 4.29. The molecular weight excluding hydrogens is 368 g/mol. The molecule has 0 radical (unpaired) electrons. The summed E-state index contributed by atoms with van der Waals surface area (Å²) in [6.07, 6.45) is 3.46. The number of alkyl halides is 2. The van der Waals surface area contributed by atoms with Crippen molar-refractivity contribution in [1.29, 1.82) is 0 Å². The van der Waals surface area contributed by atoms with Gasteiger partial charge in [-0.3, -0.25) is 4.79 Å². The SMILES string of the molecule is COc1cccc(C(=O)N(C)Cc2cnn(-c3ccccc3)c2)c1OC(F)F. The van der Waals surface area contributed by atoms with Gasteiger partial charge in [0.25, 0.3) is 5.91 Å². The summed E-state index contributed by atoms with van der Waals surface area (Å²) in [6.45, 7) is -2.82. The number of aromatic nitrogens is 2. The van der Waals surface area contributed by atoms with Gasteiger partial charge in [0.15, 0.2) is 11.5 Å². The first kappa shape index (κ1) is 19.3. The molecule has 0 fully saturated rings. The average Bonchev–Trinajstić information content (AvgIpc) is 3.16. The molecule has 2 aromatic carbocycles. The molecule has 1 aromatic heterocycles. The first-order chi connectivity index (χ1) is 13.5. The normalized spacial score (nSPS) is 10.8. The van der Waals surface area contributed by atoms with Crippen LogP contribution in [0.1, 0.15) is 15.9 Å². The monoisotopic (exact) mass is 387 g/mol. The van der Waals surface area contributed by atoms with Gasteiger partial charge in [0.05, 0.1) is 24.6 Å². The van der Waals surface area contributed by atoms with E-state index in [1.54, 1.807) is 30.2 Å². The molecule has 0 unspecified atom stereocenters. The molecule has 0 N–H and O–H groups in total. The van der Waals surface area contributed by atoms with Crippen molar-refractivity contribution in [2.45, 2.75) is 13.2 Å². The van der Waals surface area contributed by atoms with Crippen LogP contribution in [0.5, 0.6) is 11.5 Å². The van der Waals surface area contributed by atoms with E-state index >= 15 is 0 Å². The van der Waals surface area contributed by atoms with Crippen molar-refractivity contribution < 1.29 is 23.0 Å². The van der Waals surface area contributed by atoms with E-state index in [0.29, 0.717) is 0 Å². The predicted octanol–water partition coefficient (Wildman–Crippen LogP) is 3.75. The van der Waals surface area contributed by atoms with Crippen LogP contribution < -0.4 is 9.47 Å². The van der Waals surface area contributed by atoms with Gasteiger partial charge in [-0.05, 0) is 24.3 Å². The number of hydrogen-bond donors (Lipinski definition) is 0. The second-order valence-corrected chi connectivity index (χ2v) is 6.01. The van der Waals surface area contributed by atoms with E-state index in [0.717, 1.165) is 11.3 Å². The molecule has 0 aliphatic heterocycles. The van der Waals surface area contributed by atoms with E-state index in [1.807, 2.05) is 30.3 Å². The molecule has 0 atom stereocenters. The molecular formula is C20H19F2N3O3. The van der Waals surface area contributed by atoms with Crippen molar-refractivity contribution in [2.24, 2.45) is 0 Å². The standard InChI is InChI=1S/C20H19F2N3O3/c1-24(12-14-11-23-25(13-14)15-7-4-3-5-8-15)19(26)16-9-6-10-17(27-2)18(16)28-20(21)22/h3-11,13,20H,12H2,1-2H3. The third kappa shape index (κ3) is 4.28. The number of rotatable bonds is 7. The zero-order valence-corrected chi connectivity index (χ0v) is 15.4. The number of methoxy groups -OCH3 is 1. The zero-order valence-electron chi connectivity index (χ0n) is 15.4. The van der Waals surface area contributed by atoms with E-state index in [9.17, 15) is 13.6 Å². The summed E-state index contributed by atoms with van der Waals surface area (Å²) in [5.74, 6) is -0.685. The smallest absolute Gasteiger partial charge is 0.387 e. The summed E-state index contributed by atoms with van der Waals surface area (Å²) in [5.41, 5.74) is 1.68. The van der Waals surface area contributed by atoms with Crippen molar-refractivity contribution in [2.75, 3.05) is 14.2 Å². The van der Waals surface area contributed by atoms with E-state index in [4.69, 9.17) is 4.74 Å². The Labute approximate surface area is 160 Å². The molecule has 1 amide bonds. The number of para-hydroxylation sites is 2. The number of hydrogen-bond acceptors (Lipinski definition) is 4. The van der Waals surface area contributed by atoms with Gasteiger partial charge in [0.1, 0.15) is 0 Å². The predicted molar refractivity (Wildman–Crippen MR) is 99.0 cm³/mol. The highest BCUT2D eigenvalue weighted by atomic mass is 19.3. The molecule has 0 aliphatic rings. The maximum atomic E-state index is 12.8. The third-order valence-corrected chi connectivity index (χ3v) is 4.06. The van der Waals surface area contributed by atoms with Crippen LogP contribution in [-0.2, 0) is 6.54 Å². The minimum absolute atomic E-state index is 0.00222. The summed E-state index contributed by atoms with van der Waals surface area (Å²) < 4.78 is 36.8. The number of benzene rings is 2. The third-order valence-electron chi connectivity index (χ3n) is 4.06. The molecule has 3 aromatic rings. The van der Waals surface area contributed by atoms with Crippen molar-refractivity contribution in [3.63, 3.8) is 0 Å². The molecule has 0 saturated heterocycles. The Balaban J connectivity index is 1.79. The highest BCUT2D eigenvalue weighted by Gasteiger charge is 2.23. The second kappa shape index (κ2) is 8.51. The first-order valence-electron chi connectivity index (χ1n) is 8.46. The number of ether oxygens (including phenoxy) is 2. The van der Waals surface area contributed by atoms with Gasteiger partial charge in [-0.15, -0.1) is 0 Å². The highest BCUT2D eigenvalue weighted by Crippen LogP contribution is 2.33. The lowest BCUT2D eigenvalue weighted by molar-refractivity contribution is -0.0516. The van der Waals surface area contributed by atoms with Gasteiger partial charge in [-0.25, -0.2) is 4.68 Å². The Morgan fingerprint density at radius 2 is 1.93 bits per heavy atom. The minimum Gasteiger partial charge on any atom is -0.493 e. The summed E-state index contributed by atoms with van der Waals surface area (Å²) in [7, 11) is 2.90. The summed E-state index contributed by atoms with van der Waals surface area (Å²) in [6, 6.07) is 14.0. The molecule has 6 nitrogen and oxygen atoms in total. The lowest BCUT2D eigenvalue weighted by Gasteiger charge is -2.19. The Hall–Kier alpha value is -3.42. The number of nitrogens with zero attached hydrogens (tertiary/aromatic N) is 3. The Morgan fingerprint density at radius 1 is 1.18 bits per heavy atom. The maximum Gasteiger partial charge on any atom is 0.387 e. The molecule has 3 rings (SSSR count). The van der Waals surface area contributed by atoms with Crippen molar-refractivity contribution in [3.05, 3.63) is 72.1 Å². The maximum absolute atomic E-state index is 12.8. The molecule has 8 heteroatoms. The van der Waals surface area contributed by atoms with Gasteiger partial charge in [0, 0.05) is 25.4 Å². The van der Waals surface area contributed by atoms with Crippen LogP contribution in [0.3, 0.4) is 0 Å². The van der Waals surface area contributed by atoms with Crippen LogP contribution >= 0.6 is 0 Å². The molecule has 0 saturated carbocycles. The van der Waals surface area contributed by atoms with Gasteiger partial charge < -0.3 is 14.4 Å². The van der Waals surface area contributed by atoms with Crippen molar-refractivity contribution in [1.82, 2.24) is 14.7 Å². The molecule has 0 aliphatic carbocycles. The summed E-state index contributed by atoms with van der Waals surface area (Å²) >= 11 is 0. The van der Waals surface area contributed by atoms with Crippen LogP contribution in [0, 0.1) is 0 Å². The molecule has 146 valence electrons. The van der Waals surface area contributed by atoms with Crippen molar-refractivity contribution in [3.8, 4) is 17.2 Å². The second-order valence-electron chi connectivity index (χ2n) is 6.01. The van der Waals surface area contributed by atoms with Gasteiger partial charge in [-0.2, -0.15) is 13.9 Å². The highest BCUT2D eigenvalue weighted by molar-refractivity contribution is 5.97. The minimum atomic E-state index is -3.07. The summed E-state index contributed by atoms with van der Waals surface area (Å²) in [4.78, 5) is 14.2. The van der Waals surface area contributed by atoms with E-state index in [2.05, 4.69) is 9.84 Å². The number of amides is 1. The van der Waals surface area contributed by atoms with Crippen LogP contribution in [0.25, 0.3) is 5.69 Å². The van der Waals surface area contributed by atoms with E-state index < -0.39 is 12.5 Å². The Kier molecular flexibility index (Phi) is 5.88. The number of halogens is 2. The molecule has 1 heterocycles. The first-order valence-corrected chi connectivity index (χ1v) is 8.46. The largest absolute Gasteiger partial charge is 0.493 e. The molecule has 0 bridgehead atoms. The van der Waals surface area contributed by atoms with Crippen molar-refractivity contribution >= 4 is 5.91 Å². The van der Waals surface area contributed by atoms with Gasteiger partial charge >= 0.3 is 6.61 Å². The van der Waals surface area contributed by atoms with Crippen LogP contribution in [0.2, 0.25) is 0 Å². The van der Waals surface area contributed by atoms with E-state index in [-0.39, 0.29) is 23.6 Å². The fourth-order valence-corrected chi connectivity index (χ4v) is 2.77. The topological polar surface area (TPSA) is 56.6 Å². The Morgan fingerprint density at radius 3 is 2.61 bits per heavy atom. The number of carbonyl (C=O) groups excluding carboxylic acids is 1. The quantitative estimate of drug-likeness (QED) is 0.620. The lowest BCUT2D eigenvalue weighted by atomic mass is 10.1. The molecule has 28 heavy (non-hydrogen) atoms. The van der Waals surface area contributed by atoms with Crippen LogP contribution in [0.4, 0.5) is 8.78 Å². The molecule has 0 spiro atoms.